The Labute approximate surface area is 95.8 Å². The van der Waals surface area contributed by atoms with Crippen molar-refractivity contribution in [3.8, 4) is 5.75 Å². The van der Waals surface area contributed by atoms with Crippen molar-refractivity contribution < 1.29 is 9.53 Å². The molecule has 1 unspecified atom stereocenters. The highest BCUT2D eigenvalue weighted by molar-refractivity contribution is 5.93. The summed E-state index contributed by atoms with van der Waals surface area (Å²) in [6, 6.07) is 5.20. The van der Waals surface area contributed by atoms with Crippen LogP contribution in [0.3, 0.4) is 0 Å². The minimum atomic E-state index is -0.419. The number of amides is 1. The third-order valence-electron chi connectivity index (χ3n) is 2.28. The molecular formula is C12H18N2O2. The second-order valence-corrected chi connectivity index (χ2v) is 3.83. The standard InChI is InChI=1S/C12H18N2O2/c1-8-6-10(12(13)15)4-5-11(8)16-9(2)7-14-3/h4-6,9,14H,7H2,1-3H3,(H2,13,15). The van der Waals surface area contributed by atoms with E-state index in [0.29, 0.717) is 5.56 Å². The normalized spacial score (nSPS) is 12.2. The fraction of sp³-hybridized carbons (Fsp3) is 0.417. The van der Waals surface area contributed by atoms with E-state index >= 15 is 0 Å². The molecule has 0 radical (unpaired) electrons. The molecule has 0 saturated heterocycles. The number of carbonyl (C=O) groups is 1. The lowest BCUT2D eigenvalue weighted by atomic mass is 10.1. The van der Waals surface area contributed by atoms with Crippen LogP contribution in [0.4, 0.5) is 0 Å². The first-order chi connectivity index (χ1) is 7.54. The summed E-state index contributed by atoms with van der Waals surface area (Å²) in [7, 11) is 1.88. The van der Waals surface area contributed by atoms with Crippen LogP contribution in [0.5, 0.6) is 5.75 Å². The van der Waals surface area contributed by atoms with Crippen LogP contribution in [0.25, 0.3) is 0 Å². The van der Waals surface area contributed by atoms with Crippen molar-refractivity contribution in [2.45, 2.75) is 20.0 Å². The monoisotopic (exact) mass is 222 g/mol. The van der Waals surface area contributed by atoms with Gasteiger partial charge in [0, 0.05) is 12.1 Å². The van der Waals surface area contributed by atoms with Gasteiger partial charge in [0.15, 0.2) is 0 Å². The van der Waals surface area contributed by atoms with Crippen molar-refractivity contribution in [3.05, 3.63) is 29.3 Å². The highest BCUT2D eigenvalue weighted by Crippen LogP contribution is 2.20. The second-order valence-electron chi connectivity index (χ2n) is 3.83. The van der Waals surface area contributed by atoms with Gasteiger partial charge in [0.05, 0.1) is 0 Å². The number of rotatable bonds is 5. The number of ether oxygens (including phenoxy) is 1. The maximum Gasteiger partial charge on any atom is 0.248 e. The van der Waals surface area contributed by atoms with Crippen LogP contribution in [0.1, 0.15) is 22.8 Å². The van der Waals surface area contributed by atoms with E-state index in [2.05, 4.69) is 5.32 Å². The molecule has 0 aliphatic heterocycles. The van der Waals surface area contributed by atoms with Gasteiger partial charge in [-0.25, -0.2) is 0 Å². The maximum absolute atomic E-state index is 11.0. The highest BCUT2D eigenvalue weighted by Gasteiger charge is 2.07. The Balaban J connectivity index is 2.79. The Hall–Kier alpha value is -1.55. The molecule has 0 fully saturated rings. The van der Waals surface area contributed by atoms with Gasteiger partial charge >= 0.3 is 0 Å². The second kappa shape index (κ2) is 5.51. The van der Waals surface area contributed by atoms with Gasteiger partial charge in [0.1, 0.15) is 11.9 Å². The molecule has 3 N–H and O–H groups in total. The van der Waals surface area contributed by atoms with Crippen LogP contribution in [0.2, 0.25) is 0 Å². The number of nitrogens with one attached hydrogen (secondary N) is 1. The van der Waals surface area contributed by atoms with Crippen molar-refractivity contribution in [1.29, 1.82) is 0 Å². The van der Waals surface area contributed by atoms with Crippen molar-refractivity contribution in [2.24, 2.45) is 5.73 Å². The topological polar surface area (TPSA) is 64.3 Å². The maximum atomic E-state index is 11.0. The van der Waals surface area contributed by atoms with Crippen molar-refractivity contribution in [3.63, 3.8) is 0 Å². The van der Waals surface area contributed by atoms with Crippen LogP contribution in [-0.4, -0.2) is 25.6 Å². The third kappa shape index (κ3) is 3.24. The largest absolute Gasteiger partial charge is 0.489 e. The minimum absolute atomic E-state index is 0.0862. The van der Waals surface area contributed by atoms with Crippen LogP contribution in [0, 0.1) is 6.92 Å². The molecule has 0 bridgehead atoms. The average molecular weight is 222 g/mol. The van der Waals surface area contributed by atoms with Crippen molar-refractivity contribution in [2.75, 3.05) is 13.6 Å². The first kappa shape index (κ1) is 12.5. The van der Waals surface area contributed by atoms with E-state index in [1.54, 1.807) is 18.2 Å². The van der Waals surface area contributed by atoms with Gasteiger partial charge in [-0.05, 0) is 44.7 Å². The Morgan fingerprint density at radius 3 is 2.75 bits per heavy atom. The fourth-order valence-electron chi connectivity index (χ4n) is 1.48. The molecule has 16 heavy (non-hydrogen) atoms. The zero-order valence-electron chi connectivity index (χ0n) is 9.91. The lowest BCUT2D eigenvalue weighted by Crippen LogP contribution is -2.26. The molecule has 0 aromatic heterocycles. The van der Waals surface area contributed by atoms with E-state index in [9.17, 15) is 4.79 Å². The summed E-state index contributed by atoms with van der Waals surface area (Å²) >= 11 is 0. The summed E-state index contributed by atoms with van der Waals surface area (Å²) in [5.74, 6) is 0.366. The fourth-order valence-corrected chi connectivity index (χ4v) is 1.48. The van der Waals surface area contributed by atoms with E-state index in [4.69, 9.17) is 10.5 Å². The summed E-state index contributed by atoms with van der Waals surface area (Å²) in [5, 5.41) is 3.04. The molecule has 1 amide bonds. The Morgan fingerprint density at radius 1 is 1.56 bits per heavy atom. The molecule has 4 heteroatoms. The van der Waals surface area contributed by atoms with Gasteiger partial charge in [0.25, 0.3) is 0 Å². The Kier molecular flexibility index (Phi) is 4.31. The van der Waals surface area contributed by atoms with Crippen molar-refractivity contribution in [1.82, 2.24) is 5.32 Å². The quantitative estimate of drug-likeness (QED) is 0.783. The third-order valence-corrected chi connectivity index (χ3v) is 2.28. The average Bonchev–Trinajstić information content (AvgIpc) is 2.21. The zero-order valence-corrected chi connectivity index (χ0v) is 9.91. The molecule has 0 saturated carbocycles. The van der Waals surface area contributed by atoms with Crippen LogP contribution < -0.4 is 15.8 Å². The summed E-state index contributed by atoms with van der Waals surface area (Å²) in [6.45, 7) is 4.66. The van der Waals surface area contributed by atoms with Gasteiger partial charge in [-0.3, -0.25) is 4.79 Å². The summed E-state index contributed by atoms with van der Waals surface area (Å²) < 4.78 is 5.71. The number of hydrogen-bond donors (Lipinski definition) is 2. The molecule has 1 aromatic rings. The van der Waals surface area contributed by atoms with Crippen LogP contribution in [0.15, 0.2) is 18.2 Å². The molecule has 1 rings (SSSR count). The molecule has 0 aliphatic carbocycles. The van der Waals surface area contributed by atoms with Gasteiger partial charge in [0.2, 0.25) is 5.91 Å². The SMILES string of the molecule is CNCC(C)Oc1ccc(C(N)=O)cc1C. The molecule has 0 heterocycles. The van der Waals surface area contributed by atoms with E-state index < -0.39 is 5.91 Å². The van der Waals surface area contributed by atoms with E-state index in [1.807, 2.05) is 20.9 Å². The molecule has 0 aliphatic rings. The number of nitrogens with two attached hydrogens (primary N) is 1. The number of aryl methyl sites for hydroxylation is 1. The molecule has 4 nitrogen and oxygen atoms in total. The van der Waals surface area contributed by atoms with Gasteiger partial charge in [-0.1, -0.05) is 0 Å². The highest BCUT2D eigenvalue weighted by atomic mass is 16.5. The Bertz CT molecular complexity index is 377. The predicted octanol–water partition coefficient (Wildman–Crippen LogP) is 1.08. The van der Waals surface area contributed by atoms with Gasteiger partial charge in [-0.2, -0.15) is 0 Å². The van der Waals surface area contributed by atoms with Gasteiger partial charge in [-0.15, -0.1) is 0 Å². The number of primary amides is 1. The predicted molar refractivity (Wildman–Crippen MR) is 63.7 cm³/mol. The number of likely N-dealkylation sites (N-methyl/N-ethyl adjacent to an activating group) is 1. The zero-order chi connectivity index (χ0) is 12.1. The molecule has 1 atom stereocenters. The number of benzene rings is 1. The molecular weight excluding hydrogens is 204 g/mol. The first-order valence-electron chi connectivity index (χ1n) is 5.26. The number of hydrogen-bond acceptors (Lipinski definition) is 3. The van der Waals surface area contributed by atoms with Crippen molar-refractivity contribution >= 4 is 5.91 Å². The summed E-state index contributed by atoms with van der Waals surface area (Å²) in [4.78, 5) is 11.0. The van der Waals surface area contributed by atoms with Crippen LogP contribution in [-0.2, 0) is 0 Å². The lowest BCUT2D eigenvalue weighted by Gasteiger charge is -2.16. The lowest BCUT2D eigenvalue weighted by molar-refractivity contribution is 0.1000. The van der Waals surface area contributed by atoms with E-state index in [1.165, 1.54) is 0 Å². The number of carbonyl (C=O) groups excluding carboxylic acids is 1. The molecule has 0 spiro atoms. The summed E-state index contributed by atoms with van der Waals surface area (Å²) in [6.07, 6.45) is 0.0862. The Morgan fingerprint density at radius 2 is 2.25 bits per heavy atom. The van der Waals surface area contributed by atoms with E-state index in [-0.39, 0.29) is 6.10 Å². The van der Waals surface area contributed by atoms with Gasteiger partial charge < -0.3 is 15.8 Å². The minimum Gasteiger partial charge on any atom is -0.489 e. The summed E-state index contributed by atoms with van der Waals surface area (Å²) in [5.41, 5.74) is 6.61. The van der Waals surface area contributed by atoms with E-state index in [0.717, 1.165) is 17.9 Å². The first-order valence-corrected chi connectivity index (χ1v) is 5.26. The molecule has 1 aromatic carbocycles. The smallest absolute Gasteiger partial charge is 0.248 e. The molecule has 88 valence electrons. The van der Waals surface area contributed by atoms with Crippen LogP contribution >= 0.6 is 0 Å².